The SMILES string of the molecule is CCNC(=O)CNCCCS. The minimum atomic E-state index is 0.0617. The minimum absolute atomic E-state index is 0.0617. The summed E-state index contributed by atoms with van der Waals surface area (Å²) in [6.07, 6.45) is 1.00. The van der Waals surface area contributed by atoms with Gasteiger partial charge in [0.15, 0.2) is 0 Å². The van der Waals surface area contributed by atoms with Crippen molar-refractivity contribution in [3.8, 4) is 0 Å². The molecule has 66 valence electrons. The molecule has 0 aliphatic heterocycles. The van der Waals surface area contributed by atoms with Crippen LogP contribution in [0.4, 0.5) is 0 Å². The van der Waals surface area contributed by atoms with Gasteiger partial charge >= 0.3 is 0 Å². The number of thiol groups is 1. The van der Waals surface area contributed by atoms with E-state index in [4.69, 9.17) is 0 Å². The summed E-state index contributed by atoms with van der Waals surface area (Å²) in [6.45, 7) is 3.89. The van der Waals surface area contributed by atoms with Crippen LogP contribution in [0, 0.1) is 0 Å². The maximum absolute atomic E-state index is 10.8. The largest absolute Gasteiger partial charge is 0.355 e. The van der Waals surface area contributed by atoms with E-state index in [9.17, 15) is 4.79 Å². The summed E-state index contributed by atoms with van der Waals surface area (Å²) in [5.74, 6) is 0.925. The third kappa shape index (κ3) is 7.68. The molecule has 0 atom stereocenters. The smallest absolute Gasteiger partial charge is 0.233 e. The maximum atomic E-state index is 10.8. The molecule has 0 fully saturated rings. The second kappa shape index (κ2) is 7.88. The van der Waals surface area contributed by atoms with E-state index in [0.717, 1.165) is 18.7 Å². The molecule has 4 heteroatoms. The Kier molecular flexibility index (Phi) is 7.72. The van der Waals surface area contributed by atoms with Gasteiger partial charge in [0.1, 0.15) is 0 Å². The molecule has 2 N–H and O–H groups in total. The first kappa shape index (κ1) is 10.8. The zero-order chi connectivity index (χ0) is 8.53. The molecule has 0 saturated heterocycles. The number of carbonyl (C=O) groups is 1. The summed E-state index contributed by atoms with van der Waals surface area (Å²) in [4.78, 5) is 10.8. The van der Waals surface area contributed by atoms with Crippen molar-refractivity contribution in [3.05, 3.63) is 0 Å². The highest BCUT2D eigenvalue weighted by molar-refractivity contribution is 7.80. The number of amides is 1. The van der Waals surface area contributed by atoms with Gasteiger partial charge in [-0.25, -0.2) is 0 Å². The molecule has 0 aliphatic carbocycles. The van der Waals surface area contributed by atoms with Crippen LogP contribution in [0.25, 0.3) is 0 Å². The Hall–Kier alpha value is -0.220. The van der Waals surface area contributed by atoms with E-state index in [2.05, 4.69) is 23.3 Å². The van der Waals surface area contributed by atoms with Crippen molar-refractivity contribution >= 4 is 18.5 Å². The summed E-state index contributed by atoms with van der Waals surface area (Å²) < 4.78 is 0. The molecule has 0 bridgehead atoms. The molecule has 0 heterocycles. The lowest BCUT2D eigenvalue weighted by Crippen LogP contribution is -2.34. The van der Waals surface area contributed by atoms with Crippen molar-refractivity contribution < 1.29 is 4.79 Å². The number of rotatable bonds is 6. The molecule has 0 aromatic carbocycles. The Morgan fingerprint density at radius 3 is 2.82 bits per heavy atom. The molecule has 3 nitrogen and oxygen atoms in total. The molecule has 11 heavy (non-hydrogen) atoms. The van der Waals surface area contributed by atoms with Crippen molar-refractivity contribution in [1.29, 1.82) is 0 Å². The van der Waals surface area contributed by atoms with Gasteiger partial charge in [-0.15, -0.1) is 0 Å². The monoisotopic (exact) mass is 176 g/mol. The molecule has 0 unspecified atom stereocenters. The molecule has 0 aromatic heterocycles. The van der Waals surface area contributed by atoms with E-state index in [1.165, 1.54) is 0 Å². The maximum Gasteiger partial charge on any atom is 0.233 e. The van der Waals surface area contributed by atoms with Crippen LogP contribution < -0.4 is 10.6 Å². The summed E-state index contributed by atoms with van der Waals surface area (Å²) in [5.41, 5.74) is 0. The zero-order valence-corrected chi connectivity index (χ0v) is 7.79. The van der Waals surface area contributed by atoms with Gasteiger partial charge < -0.3 is 10.6 Å². The van der Waals surface area contributed by atoms with Gasteiger partial charge in [-0.1, -0.05) is 0 Å². The Morgan fingerprint density at radius 1 is 1.55 bits per heavy atom. The van der Waals surface area contributed by atoms with Crippen LogP contribution in [-0.4, -0.2) is 31.3 Å². The summed E-state index contributed by atoms with van der Waals surface area (Å²) in [5, 5.41) is 5.71. The predicted octanol–water partition coefficient (Wildman–Crippen LogP) is 0.0320. The quantitative estimate of drug-likeness (QED) is 0.395. The Labute approximate surface area is 73.3 Å². The highest BCUT2D eigenvalue weighted by Gasteiger charge is 1.95. The van der Waals surface area contributed by atoms with Gasteiger partial charge in [-0.3, -0.25) is 4.79 Å². The first-order chi connectivity index (χ1) is 5.31. The molecule has 1 amide bonds. The summed E-state index contributed by atoms with van der Waals surface area (Å²) in [7, 11) is 0. The van der Waals surface area contributed by atoms with Gasteiger partial charge in [0.2, 0.25) is 5.91 Å². The van der Waals surface area contributed by atoms with Crippen molar-refractivity contribution in [3.63, 3.8) is 0 Å². The van der Waals surface area contributed by atoms with E-state index < -0.39 is 0 Å². The fourth-order valence-corrected chi connectivity index (χ4v) is 0.824. The second-order valence-electron chi connectivity index (χ2n) is 2.21. The molecular weight excluding hydrogens is 160 g/mol. The van der Waals surface area contributed by atoms with E-state index in [1.54, 1.807) is 0 Å². The van der Waals surface area contributed by atoms with Gasteiger partial charge in [0.05, 0.1) is 6.54 Å². The first-order valence-corrected chi connectivity index (χ1v) is 4.52. The van der Waals surface area contributed by atoms with Crippen LogP contribution >= 0.6 is 12.6 Å². The highest BCUT2D eigenvalue weighted by Crippen LogP contribution is 1.79. The lowest BCUT2D eigenvalue weighted by atomic mass is 10.4. The van der Waals surface area contributed by atoms with Crippen LogP contribution in [0.2, 0.25) is 0 Å². The summed E-state index contributed by atoms with van der Waals surface area (Å²) >= 11 is 4.05. The van der Waals surface area contributed by atoms with E-state index in [0.29, 0.717) is 13.1 Å². The second-order valence-corrected chi connectivity index (χ2v) is 2.65. The van der Waals surface area contributed by atoms with Crippen LogP contribution in [0.15, 0.2) is 0 Å². The molecule has 0 rings (SSSR count). The van der Waals surface area contributed by atoms with E-state index >= 15 is 0 Å². The molecule has 0 radical (unpaired) electrons. The third-order valence-corrected chi connectivity index (χ3v) is 1.49. The van der Waals surface area contributed by atoms with Crippen LogP contribution in [0.3, 0.4) is 0 Å². The van der Waals surface area contributed by atoms with Gasteiger partial charge in [0, 0.05) is 6.54 Å². The number of carbonyl (C=O) groups excluding carboxylic acids is 1. The topological polar surface area (TPSA) is 41.1 Å². The number of nitrogens with one attached hydrogen (secondary N) is 2. The number of likely N-dealkylation sites (N-methyl/N-ethyl adjacent to an activating group) is 1. The Balaban J connectivity index is 3.04. The normalized spacial score (nSPS) is 9.64. The Morgan fingerprint density at radius 2 is 2.27 bits per heavy atom. The first-order valence-electron chi connectivity index (χ1n) is 3.89. The third-order valence-electron chi connectivity index (χ3n) is 1.17. The van der Waals surface area contributed by atoms with Crippen molar-refractivity contribution in [1.82, 2.24) is 10.6 Å². The average Bonchev–Trinajstić information content (AvgIpc) is 1.99. The highest BCUT2D eigenvalue weighted by atomic mass is 32.1. The van der Waals surface area contributed by atoms with Crippen LogP contribution in [0.1, 0.15) is 13.3 Å². The number of hydrogen-bond acceptors (Lipinski definition) is 3. The molecule has 0 aliphatic rings. The van der Waals surface area contributed by atoms with Crippen molar-refractivity contribution in [2.24, 2.45) is 0 Å². The van der Waals surface area contributed by atoms with Crippen LogP contribution in [-0.2, 0) is 4.79 Å². The van der Waals surface area contributed by atoms with E-state index in [1.807, 2.05) is 6.92 Å². The zero-order valence-electron chi connectivity index (χ0n) is 6.89. The van der Waals surface area contributed by atoms with Gasteiger partial charge in [-0.2, -0.15) is 12.6 Å². The summed E-state index contributed by atoms with van der Waals surface area (Å²) in [6, 6.07) is 0. The average molecular weight is 176 g/mol. The minimum Gasteiger partial charge on any atom is -0.355 e. The van der Waals surface area contributed by atoms with Gasteiger partial charge in [-0.05, 0) is 25.6 Å². The van der Waals surface area contributed by atoms with Crippen molar-refractivity contribution in [2.75, 3.05) is 25.4 Å². The van der Waals surface area contributed by atoms with Gasteiger partial charge in [0.25, 0.3) is 0 Å². The predicted molar refractivity (Wildman–Crippen MR) is 50.0 cm³/mol. The number of hydrogen-bond donors (Lipinski definition) is 3. The molecule has 0 saturated carbocycles. The molecule has 0 aromatic rings. The lowest BCUT2D eigenvalue weighted by Gasteiger charge is -2.02. The van der Waals surface area contributed by atoms with E-state index in [-0.39, 0.29) is 5.91 Å². The Bertz CT molecular complexity index is 109. The van der Waals surface area contributed by atoms with Crippen LogP contribution in [0.5, 0.6) is 0 Å². The fourth-order valence-electron chi connectivity index (χ4n) is 0.666. The molecular formula is C7H16N2OS. The fraction of sp³-hybridized carbons (Fsp3) is 0.857. The lowest BCUT2D eigenvalue weighted by molar-refractivity contribution is -0.120. The van der Waals surface area contributed by atoms with Crippen molar-refractivity contribution in [2.45, 2.75) is 13.3 Å². The molecule has 0 spiro atoms. The standard InChI is InChI=1S/C7H16N2OS/c1-2-9-7(10)6-8-4-3-5-11/h8,11H,2-6H2,1H3,(H,9,10).